The first-order valence-corrected chi connectivity index (χ1v) is 11.6. The molecular formula is C25H37F3N2O2. The molecule has 0 saturated carbocycles. The van der Waals surface area contributed by atoms with Crippen molar-refractivity contribution in [2.75, 3.05) is 20.3 Å². The van der Waals surface area contributed by atoms with Crippen LogP contribution >= 0.6 is 0 Å². The number of hydrogen-bond acceptors (Lipinski definition) is 4. The van der Waals surface area contributed by atoms with E-state index in [-0.39, 0.29) is 24.6 Å². The Bertz CT molecular complexity index is 741. The summed E-state index contributed by atoms with van der Waals surface area (Å²) in [4.78, 5) is 0. The Kier molecular flexibility index (Phi) is 11.1. The minimum Gasteiger partial charge on any atom is -0.489 e. The summed E-state index contributed by atoms with van der Waals surface area (Å²) in [5.74, 6) is -0.156. The molecule has 2 N–H and O–H groups in total. The summed E-state index contributed by atoms with van der Waals surface area (Å²) < 4.78 is 52.4. The third-order valence-electron chi connectivity index (χ3n) is 5.50. The molecule has 2 rings (SSSR count). The van der Waals surface area contributed by atoms with E-state index in [9.17, 15) is 13.2 Å². The highest BCUT2D eigenvalue weighted by Crippen LogP contribution is 2.38. The van der Waals surface area contributed by atoms with Crippen LogP contribution in [0.4, 0.5) is 13.2 Å². The van der Waals surface area contributed by atoms with Crippen molar-refractivity contribution in [1.82, 2.24) is 10.6 Å². The zero-order chi connectivity index (χ0) is 23.4. The maximum absolute atomic E-state index is 13.8. The second kappa shape index (κ2) is 13.5. The van der Waals surface area contributed by atoms with E-state index in [2.05, 4.69) is 17.6 Å². The smallest absolute Gasteiger partial charge is 0.419 e. The molecule has 1 heterocycles. The second-order valence-corrected chi connectivity index (χ2v) is 8.02. The molecule has 1 aliphatic rings. The normalized spacial score (nSPS) is 18.3. The van der Waals surface area contributed by atoms with Crippen LogP contribution in [0.5, 0.6) is 5.75 Å². The lowest BCUT2D eigenvalue weighted by Crippen LogP contribution is -2.45. The van der Waals surface area contributed by atoms with Crippen molar-refractivity contribution < 1.29 is 22.6 Å². The van der Waals surface area contributed by atoms with E-state index >= 15 is 0 Å². The number of ether oxygens (including phenoxy) is 2. The molecule has 0 aliphatic carbocycles. The third kappa shape index (κ3) is 8.17. The molecule has 0 radical (unpaired) electrons. The van der Waals surface area contributed by atoms with Gasteiger partial charge in [0.1, 0.15) is 18.6 Å². The molecular weight excluding hydrogens is 417 g/mol. The summed E-state index contributed by atoms with van der Waals surface area (Å²) in [6.07, 6.45) is 7.76. The SMILES string of the molecule is CC/C=C(\NC(OC)C1CCCN1)c1ccc(OC/C=C/CCCCC)c(C(F)(F)F)c1. The summed E-state index contributed by atoms with van der Waals surface area (Å²) >= 11 is 0. The molecule has 7 heteroatoms. The topological polar surface area (TPSA) is 42.5 Å². The van der Waals surface area contributed by atoms with Crippen LogP contribution in [-0.2, 0) is 10.9 Å². The van der Waals surface area contributed by atoms with Crippen molar-refractivity contribution in [3.63, 3.8) is 0 Å². The van der Waals surface area contributed by atoms with Crippen molar-refractivity contribution in [1.29, 1.82) is 0 Å². The van der Waals surface area contributed by atoms with Gasteiger partial charge in [-0.15, -0.1) is 0 Å². The van der Waals surface area contributed by atoms with Gasteiger partial charge >= 0.3 is 6.18 Å². The van der Waals surface area contributed by atoms with Crippen molar-refractivity contribution in [3.8, 4) is 5.75 Å². The summed E-state index contributed by atoms with van der Waals surface area (Å²) in [7, 11) is 1.61. The highest BCUT2D eigenvalue weighted by Gasteiger charge is 2.35. The van der Waals surface area contributed by atoms with Gasteiger partial charge in [0.15, 0.2) is 0 Å². The van der Waals surface area contributed by atoms with Crippen LogP contribution in [0.15, 0.2) is 36.4 Å². The summed E-state index contributed by atoms with van der Waals surface area (Å²) in [5, 5.41) is 6.67. The molecule has 1 aliphatic heterocycles. The Balaban J connectivity index is 2.16. The van der Waals surface area contributed by atoms with Gasteiger partial charge in [0, 0.05) is 12.8 Å². The van der Waals surface area contributed by atoms with Crippen LogP contribution in [0, 0.1) is 0 Å². The predicted molar refractivity (Wildman–Crippen MR) is 123 cm³/mol. The van der Waals surface area contributed by atoms with Crippen LogP contribution in [0.1, 0.15) is 69.9 Å². The Morgan fingerprint density at radius 1 is 1.25 bits per heavy atom. The maximum atomic E-state index is 13.8. The first kappa shape index (κ1) is 26.3. The second-order valence-electron chi connectivity index (χ2n) is 8.02. The predicted octanol–water partition coefficient (Wildman–Crippen LogP) is 6.29. The minimum absolute atomic E-state index is 0.115. The molecule has 1 aromatic rings. The van der Waals surface area contributed by atoms with E-state index in [4.69, 9.17) is 9.47 Å². The van der Waals surface area contributed by atoms with Crippen molar-refractivity contribution in [2.24, 2.45) is 0 Å². The van der Waals surface area contributed by atoms with Crippen LogP contribution < -0.4 is 15.4 Å². The van der Waals surface area contributed by atoms with Crippen LogP contribution in [0.3, 0.4) is 0 Å². The molecule has 0 bridgehead atoms. The number of unbranched alkanes of at least 4 members (excludes halogenated alkanes) is 3. The molecule has 2 atom stereocenters. The monoisotopic (exact) mass is 454 g/mol. The lowest BCUT2D eigenvalue weighted by molar-refractivity contribution is -0.138. The number of allylic oxidation sites excluding steroid dienone is 2. The van der Waals surface area contributed by atoms with Gasteiger partial charge < -0.3 is 20.1 Å². The average Bonchev–Trinajstić information content (AvgIpc) is 3.30. The standard InChI is InChI=1S/C25H37F3N2O2/c1-4-6-7-8-9-10-17-32-23-15-14-19(18-20(23)25(26,27)28)21(12-5-2)30-24(31-3)22-13-11-16-29-22/h9-10,12,14-15,18,22,24,29-30H,4-8,11,13,16-17H2,1-3H3/b10-9+,21-12-. The largest absolute Gasteiger partial charge is 0.489 e. The number of benzene rings is 1. The summed E-state index contributed by atoms with van der Waals surface area (Å²) in [6.45, 7) is 5.11. The Morgan fingerprint density at radius 2 is 2.06 bits per heavy atom. The van der Waals surface area contributed by atoms with E-state index in [1.165, 1.54) is 6.07 Å². The van der Waals surface area contributed by atoms with Crippen LogP contribution in [-0.4, -0.2) is 32.5 Å². The Labute approximate surface area is 190 Å². The Hall–Kier alpha value is -1.99. The summed E-state index contributed by atoms with van der Waals surface area (Å²) in [5.41, 5.74) is 0.314. The highest BCUT2D eigenvalue weighted by molar-refractivity contribution is 5.66. The molecule has 1 aromatic carbocycles. The molecule has 0 spiro atoms. The molecule has 32 heavy (non-hydrogen) atoms. The van der Waals surface area contributed by atoms with Crippen molar-refractivity contribution in [2.45, 2.75) is 77.2 Å². The number of rotatable bonds is 13. The molecule has 0 aromatic heterocycles. The number of hydrogen-bond donors (Lipinski definition) is 2. The van der Waals surface area contributed by atoms with Gasteiger partial charge in [-0.25, -0.2) is 0 Å². The van der Waals surface area contributed by atoms with Crippen molar-refractivity contribution >= 4 is 5.70 Å². The number of halogens is 3. The fourth-order valence-electron chi connectivity index (χ4n) is 3.79. The van der Waals surface area contributed by atoms with E-state index in [1.54, 1.807) is 19.3 Å². The fourth-order valence-corrected chi connectivity index (χ4v) is 3.79. The van der Waals surface area contributed by atoms with E-state index in [1.807, 2.05) is 19.1 Å². The zero-order valence-corrected chi connectivity index (χ0v) is 19.4. The number of nitrogens with one attached hydrogen (secondary N) is 2. The maximum Gasteiger partial charge on any atom is 0.419 e. The first-order valence-electron chi connectivity index (χ1n) is 11.6. The van der Waals surface area contributed by atoms with Crippen LogP contribution in [0.25, 0.3) is 5.70 Å². The van der Waals surface area contributed by atoms with E-state index in [0.717, 1.165) is 51.1 Å². The van der Waals surface area contributed by atoms with Gasteiger partial charge in [-0.1, -0.05) is 44.9 Å². The molecule has 0 amide bonds. The third-order valence-corrected chi connectivity index (χ3v) is 5.50. The lowest BCUT2D eigenvalue weighted by atomic mass is 10.0. The summed E-state index contributed by atoms with van der Waals surface area (Å²) in [6, 6.07) is 4.35. The highest BCUT2D eigenvalue weighted by atomic mass is 19.4. The van der Waals surface area contributed by atoms with Gasteiger partial charge in [0.25, 0.3) is 0 Å². The molecule has 1 saturated heterocycles. The molecule has 2 unspecified atom stereocenters. The van der Waals surface area contributed by atoms with Gasteiger partial charge in [-0.05, 0) is 62.4 Å². The van der Waals surface area contributed by atoms with Gasteiger partial charge in [0.2, 0.25) is 0 Å². The number of alkyl halides is 3. The van der Waals surface area contributed by atoms with Gasteiger partial charge in [-0.3, -0.25) is 0 Å². The fraction of sp³-hybridized carbons (Fsp3) is 0.600. The van der Waals surface area contributed by atoms with E-state index in [0.29, 0.717) is 17.7 Å². The van der Waals surface area contributed by atoms with Crippen LogP contribution in [0.2, 0.25) is 0 Å². The zero-order valence-electron chi connectivity index (χ0n) is 19.4. The molecule has 180 valence electrons. The quantitative estimate of drug-likeness (QED) is 0.209. The average molecular weight is 455 g/mol. The minimum atomic E-state index is -4.51. The first-order chi connectivity index (χ1) is 15.4. The van der Waals surface area contributed by atoms with Crippen molar-refractivity contribution in [3.05, 3.63) is 47.6 Å². The molecule has 4 nitrogen and oxygen atoms in total. The van der Waals surface area contributed by atoms with E-state index < -0.39 is 11.7 Å². The number of methoxy groups -OCH3 is 1. The van der Waals surface area contributed by atoms with Gasteiger partial charge in [-0.2, -0.15) is 13.2 Å². The van der Waals surface area contributed by atoms with Gasteiger partial charge in [0.05, 0.1) is 11.6 Å². The Morgan fingerprint density at radius 3 is 2.69 bits per heavy atom. The molecule has 1 fully saturated rings. The lowest BCUT2D eigenvalue weighted by Gasteiger charge is -2.26.